The van der Waals surface area contributed by atoms with Crippen molar-refractivity contribution in [1.29, 1.82) is 0 Å². The number of halogens is 1. The molecule has 2 aromatic rings. The molecule has 1 aliphatic carbocycles. The molecule has 0 bridgehead atoms. The van der Waals surface area contributed by atoms with E-state index in [4.69, 9.17) is 5.84 Å². The summed E-state index contributed by atoms with van der Waals surface area (Å²) in [6.07, 6.45) is 4.38. The third-order valence-electron chi connectivity index (χ3n) is 4.27. The molecule has 1 unspecified atom stereocenters. The number of hydrogen-bond donors (Lipinski definition) is 2. The van der Waals surface area contributed by atoms with Crippen molar-refractivity contribution in [2.24, 2.45) is 5.84 Å². The number of fused-ring (bicyclic) bond motifs is 1. The quantitative estimate of drug-likeness (QED) is 0.667. The third-order valence-corrected chi connectivity index (χ3v) is 4.27. The minimum absolute atomic E-state index is 0.0705. The van der Waals surface area contributed by atoms with Crippen LogP contribution in [0.25, 0.3) is 0 Å². The number of hydrogen-bond acceptors (Lipinski definition) is 2. The number of benzene rings is 2. The molecule has 110 valence electrons. The number of aryl methyl sites for hydroxylation is 3. The average molecular weight is 284 g/mol. The molecule has 1 atom stereocenters. The van der Waals surface area contributed by atoms with Gasteiger partial charge < -0.3 is 0 Å². The maximum absolute atomic E-state index is 13.6. The fourth-order valence-electron chi connectivity index (χ4n) is 3.23. The fraction of sp³-hybridized carbons (Fsp3) is 0.333. The maximum atomic E-state index is 13.6. The van der Waals surface area contributed by atoms with Crippen LogP contribution >= 0.6 is 0 Å². The first-order valence-electron chi connectivity index (χ1n) is 7.49. The smallest absolute Gasteiger partial charge is 0.123 e. The van der Waals surface area contributed by atoms with Gasteiger partial charge in [-0.3, -0.25) is 11.3 Å². The monoisotopic (exact) mass is 284 g/mol. The van der Waals surface area contributed by atoms with Gasteiger partial charge in [-0.25, -0.2) is 4.39 Å². The van der Waals surface area contributed by atoms with E-state index >= 15 is 0 Å². The topological polar surface area (TPSA) is 38.0 Å². The SMILES string of the molecule is Cc1cc(F)cc(C(Cc2ccc3c(c2)CCC3)NN)c1. The highest BCUT2D eigenvalue weighted by Crippen LogP contribution is 2.26. The largest absolute Gasteiger partial charge is 0.271 e. The second-order valence-corrected chi connectivity index (χ2v) is 5.94. The summed E-state index contributed by atoms with van der Waals surface area (Å²) in [5, 5.41) is 0. The van der Waals surface area contributed by atoms with Crippen LogP contribution < -0.4 is 11.3 Å². The van der Waals surface area contributed by atoms with Crippen LogP contribution in [0.1, 0.15) is 40.3 Å². The van der Waals surface area contributed by atoms with Gasteiger partial charge in [-0.2, -0.15) is 0 Å². The van der Waals surface area contributed by atoms with E-state index in [1.54, 1.807) is 6.07 Å². The van der Waals surface area contributed by atoms with E-state index in [9.17, 15) is 4.39 Å². The Morgan fingerprint density at radius 2 is 1.95 bits per heavy atom. The Bertz CT molecular complexity index is 631. The van der Waals surface area contributed by atoms with Crippen molar-refractivity contribution in [3.63, 3.8) is 0 Å². The van der Waals surface area contributed by atoms with Crippen molar-refractivity contribution >= 4 is 0 Å². The van der Waals surface area contributed by atoms with Crippen molar-refractivity contribution < 1.29 is 4.39 Å². The zero-order chi connectivity index (χ0) is 14.8. The van der Waals surface area contributed by atoms with Crippen molar-refractivity contribution in [2.45, 2.75) is 38.6 Å². The Balaban J connectivity index is 1.84. The van der Waals surface area contributed by atoms with Crippen molar-refractivity contribution in [3.8, 4) is 0 Å². The zero-order valence-electron chi connectivity index (χ0n) is 12.3. The number of hydrazine groups is 1. The Hall–Kier alpha value is -1.71. The predicted molar refractivity (Wildman–Crippen MR) is 83.4 cm³/mol. The Kier molecular flexibility index (Phi) is 4.04. The highest BCUT2D eigenvalue weighted by atomic mass is 19.1. The molecule has 1 aliphatic rings. The molecule has 0 spiro atoms. The van der Waals surface area contributed by atoms with Crippen LogP contribution in [0.5, 0.6) is 0 Å². The summed E-state index contributed by atoms with van der Waals surface area (Å²) in [6.45, 7) is 1.90. The van der Waals surface area contributed by atoms with Gasteiger partial charge in [-0.15, -0.1) is 0 Å². The first-order chi connectivity index (χ1) is 10.2. The lowest BCUT2D eigenvalue weighted by Gasteiger charge is -2.18. The van der Waals surface area contributed by atoms with Gasteiger partial charge in [0, 0.05) is 0 Å². The van der Waals surface area contributed by atoms with Gasteiger partial charge in [-0.1, -0.05) is 24.3 Å². The van der Waals surface area contributed by atoms with Gasteiger partial charge in [0.15, 0.2) is 0 Å². The molecule has 0 saturated carbocycles. The van der Waals surface area contributed by atoms with E-state index < -0.39 is 0 Å². The molecule has 0 aromatic heterocycles. The van der Waals surface area contributed by atoms with Crippen molar-refractivity contribution in [3.05, 3.63) is 70.0 Å². The molecule has 0 heterocycles. The molecule has 3 heteroatoms. The summed E-state index contributed by atoms with van der Waals surface area (Å²) in [5.41, 5.74) is 8.81. The van der Waals surface area contributed by atoms with Crippen LogP contribution in [0.3, 0.4) is 0 Å². The van der Waals surface area contributed by atoms with Crippen LogP contribution in [-0.4, -0.2) is 0 Å². The van der Waals surface area contributed by atoms with E-state index in [-0.39, 0.29) is 11.9 Å². The summed E-state index contributed by atoms with van der Waals surface area (Å²) in [4.78, 5) is 0. The van der Waals surface area contributed by atoms with E-state index in [0.717, 1.165) is 17.5 Å². The van der Waals surface area contributed by atoms with Gasteiger partial charge in [0.05, 0.1) is 6.04 Å². The van der Waals surface area contributed by atoms with Crippen LogP contribution in [0.15, 0.2) is 36.4 Å². The first-order valence-corrected chi connectivity index (χ1v) is 7.49. The molecular formula is C18H21FN2. The predicted octanol–water partition coefficient (Wildman–Crippen LogP) is 3.37. The summed E-state index contributed by atoms with van der Waals surface area (Å²) in [7, 11) is 0. The fourth-order valence-corrected chi connectivity index (χ4v) is 3.23. The third kappa shape index (κ3) is 3.14. The Morgan fingerprint density at radius 3 is 2.71 bits per heavy atom. The molecule has 2 nitrogen and oxygen atoms in total. The summed E-state index contributed by atoms with van der Waals surface area (Å²) in [6, 6.07) is 11.7. The molecule has 0 radical (unpaired) electrons. The van der Waals surface area contributed by atoms with E-state index in [1.807, 2.05) is 13.0 Å². The standard InChI is InChI=1S/C18H21FN2/c1-12-7-16(11-17(19)8-12)18(21-20)10-13-5-6-14-3-2-4-15(14)9-13/h5-9,11,18,21H,2-4,10,20H2,1H3. The molecule has 0 fully saturated rings. The molecule has 3 N–H and O–H groups in total. The highest BCUT2D eigenvalue weighted by molar-refractivity contribution is 5.36. The van der Waals surface area contributed by atoms with Gasteiger partial charge in [-0.05, 0) is 72.6 Å². The number of rotatable bonds is 4. The van der Waals surface area contributed by atoms with Crippen LogP contribution in [0.4, 0.5) is 4.39 Å². The lowest BCUT2D eigenvalue weighted by Crippen LogP contribution is -2.29. The van der Waals surface area contributed by atoms with Crippen LogP contribution in [0, 0.1) is 12.7 Å². The highest BCUT2D eigenvalue weighted by Gasteiger charge is 2.15. The molecule has 2 aromatic carbocycles. The second-order valence-electron chi connectivity index (χ2n) is 5.94. The van der Waals surface area contributed by atoms with Crippen molar-refractivity contribution in [1.82, 2.24) is 5.43 Å². The number of nitrogens with two attached hydrogens (primary N) is 1. The van der Waals surface area contributed by atoms with E-state index in [2.05, 4.69) is 23.6 Å². The lowest BCUT2D eigenvalue weighted by molar-refractivity contribution is 0.543. The molecule has 0 aliphatic heterocycles. The molecule has 0 saturated heterocycles. The molecule has 21 heavy (non-hydrogen) atoms. The summed E-state index contributed by atoms with van der Waals surface area (Å²) in [5.74, 6) is 5.48. The second kappa shape index (κ2) is 5.96. The lowest BCUT2D eigenvalue weighted by atomic mass is 9.96. The molecule has 3 rings (SSSR count). The number of nitrogens with one attached hydrogen (secondary N) is 1. The van der Waals surface area contributed by atoms with Crippen LogP contribution in [0.2, 0.25) is 0 Å². The van der Waals surface area contributed by atoms with Gasteiger partial charge >= 0.3 is 0 Å². The van der Waals surface area contributed by atoms with E-state index in [1.165, 1.54) is 42.0 Å². The minimum atomic E-state index is -0.209. The zero-order valence-corrected chi connectivity index (χ0v) is 12.3. The van der Waals surface area contributed by atoms with E-state index in [0.29, 0.717) is 0 Å². The average Bonchev–Trinajstić information content (AvgIpc) is 2.91. The summed E-state index contributed by atoms with van der Waals surface area (Å²) < 4.78 is 13.6. The Morgan fingerprint density at radius 1 is 1.14 bits per heavy atom. The maximum Gasteiger partial charge on any atom is 0.123 e. The molecule has 0 amide bonds. The summed E-state index contributed by atoms with van der Waals surface area (Å²) >= 11 is 0. The van der Waals surface area contributed by atoms with Crippen LogP contribution in [-0.2, 0) is 19.3 Å². The van der Waals surface area contributed by atoms with Gasteiger partial charge in [0.25, 0.3) is 0 Å². The van der Waals surface area contributed by atoms with Gasteiger partial charge in [0.2, 0.25) is 0 Å². The van der Waals surface area contributed by atoms with Gasteiger partial charge in [0.1, 0.15) is 5.82 Å². The minimum Gasteiger partial charge on any atom is -0.271 e. The first kappa shape index (κ1) is 14.2. The van der Waals surface area contributed by atoms with Crippen molar-refractivity contribution in [2.75, 3.05) is 0 Å². The Labute approximate surface area is 125 Å². The normalized spacial score (nSPS) is 15.0. The molecular weight excluding hydrogens is 263 g/mol.